The highest BCUT2D eigenvalue weighted by Gasteiger charge is 2.19. The van der Waals surface area contributed by atoms with Crippen molar-refractivity contribution in [3.63, 3.8) is 0 Å². The van der Waals surface area contributed by atoms with E-state index in [0.717, 1.165) is 16.5 Å². The Labute approximate surface area is 102 Å². The number of aliphatic hydroxyl groups is 1. The molecule has 0 spiro atoms. The first-order valence-electron chi connectivity index (χ1n) is 6.12. The average Bonchev–Trinajstić information content (AvgIpc) is 2.36. The Morgan fingerprint density at radius 2 is 1.88 bits per heavy atom. The number of hydrogen-bond acceptors (Lipinski definition) is 2. The predicted molar refractivity (Wildman–Crippen MR) is 70.7 cm³/mol. The Balaban J connectivity index is 2.36. The minimum atomic E-state index is -0.415. The van der Waals surface area contributed by atoms with Gasteiger partial charge in [0.25, 0.3) is 0 Å². The van der Waals surface area contributed by atoms with Crippen molar-refractivity contribution in [2.24, 2.45) is 11.8 Å². The molecule has 0 amide bonds. The van der Waals surface area contributed by atoms with Crippen molar-refractivity contribution < 1.29 is 5.11 Å². The molecule has 2 heteroatoms. The van der Waals surface area contributed by atoms with Crippen molar-refractivity contribution in [3.05, 3.63) is 42.1 Å². The Bertz CT molecular complexity index is 507. The van der Waals surface area contributed by atoms with Crippen molar-refractivity contribution in [2.45, 2.75) is 26.9 Å². The molecule has 1 aromatic heterocycles. The average molecular weight is 229 g/mol. The van der Waals surface area contributed by atoms with Gasteiger partial charge in [-0.25, -0.2) is 0 Å². The summed E-state index contributed by atoms with van der Waals surface area (Å²) in [5, 5.41) is 11.4. The van der Waals surface area contributed by atoms with Gasteiger partial charge in [0, 0.05) is 11.6 Å². The van der Waals surface area contributed by atoms with Gasteiger partial charge in [-0.15, -0.1) is 0 Å². The van der Waals surface area contributed by atoms with E-state index in [1.54, 1.807) is 6.20 Å². The summed E-state index contributed by atoms with van der Waals surface area (Å²) in [6, 6.07) is 9.96. The van der Waals surface area contributed by atoms with E-state index in [9.17, 15) is 5.11 Å². The molecule has 0 radical (unpaired) electrons. The fourth-order valence-electron chi connectivity index (χ4n) is 1.94. The molecule has 90 valence electrons. The molecule has 0 bridgehead atoms. The zero-order valence-corrected chi connectivity index (χ0v) is 10.6. The molecule has 1 heterocycles. The fourth-order valence-corrected chi connectivity index (χ4v) is 1.94. The van der Waals surface area contributed by atoms with Crippen LogP contribution in [0.5, 0.6) is 0 Å². The topological polar surface area (TPSA) is 33.1 Å². The van der Waals surface area contributed by atoms with Crippen LogP contribution in [0.4, 0.5) is 0 Å². The molecular weight excluding hydrogens is 210 g/mol. The maximum atomic E-state index is 10.3. The standard InChI is InChI=1S/C15H19NO/c1-10(2)11(3)15(17)13-7-6-12-5-4-8-16-14(12)9-13/h4-11,15,17H,1-3H3. The summed E-state index contributed by atoms with van der Waals surface area (Å²) in [5.74, 6) is 0.709. The third-order valence-electron chi connectivity index (χ3n) is 3.52. The molecule has 1 aromatic carbocycles. The number of nitrogens with zero attached hydrogens (tertiary/aromatic N) is 1. The molecule has 1 N–H and O–H groups in total. The molecule has 2 aromatic rings. The molecule has 2 unspecified atom stereocenters. The van der Waals surface area contributed by atoms with E-state index in [1.165, 1.54) is 0 Å². The van der Waals surface area contributed by atoms with Crippen LogP contribution in [0.3, 0.4) is 0 Å². The van der Waals surface area contributed by atoms with E-state index < -0.39 is 6.10 Å². The number of pyridine rings is 1. The quantitative estimate of drug-likeness (QED) is 0.873. The molecule has 0 saturated carbocycles. The van der Waals surface area contributed by atoms with Crippen LogP contribution in [-0.4, -0.2) is 10.1 Å². The van der Waals surface area contributed by atoms with Crippen molar-refractivity contribution in [1.82, 2.24) is 4.98 Å². The molecule has 0 aliphatic rings. The van der Waals surface area contributed by atoms with E-state index in [1.807, 2.05) is 30.3 Å². The van der Waals surface area contributed by atoms with Crippen molar-refractivity contribution in [3.8, 4) is 0 Å². The number of hydrogen-bond donors (Lipinski definition) is 1. The van der Waals surface area contributed by atoms with Crippen molar-refractivity contribution in [1.29, 1.82) is 0 Å². The lowest BCUT2D eigenvalue weighted by Gasteiger charge is -2.22. The normalized spacial score (nSPS) is 15.1. The molecule has 17 heavy (non-hydrogen) atoms. The maximum Gasteiger partial charge on any atom is 0.0818 e. The largest absolute Gasteiger partial charge is 0.388 e. The van der Waals surface area contributed by atoms with Gasteiger partial charge in [-0.2, -0.15) is 0 Å². The van der Waals surface area contributed by atoms with Crippen LogP contribution < -0.4 is 0 Å². The summed E-state index contributed by atoms with van der Waals surface area (Å²) in [5.41, 5.74) is 1.90. The number of rotatable bonds is 3. The van der Waals surface area contributed by atoms with Crippen LogP contribution in [0.15, 0.2) is 36.5 Å². The number of aliphatic hydroxyl groups excluding tert-OH is 1. The molecular formula is C15H19NO. The molecule has 0 saturated heterocycles. The van der Waals surface area contributed by atoms with Gasteiger partial charge < -0.3 is 5.11 Å². The first-order chi connectivity index (χ1) is 8.09. The monoisotopic (exact) mass is 229 g/mol. The number of fused-ring (bicyclic) bond motifs is 1. The lowest BCUT2D eigenvalue weighted by atomic mass is 9.88. The van der Waals surface area contributed by atoms with Crippen LogP contribution in [0.25, 0.3) is 10.9 Å². The van der Waals surface area contributed by atoms with Crippen molar-refractivity contribution >= 4 is 10.9 Å². The third-order valence-corrected chi connectivity index (χ3v) is 3.52. The molecule has 2 rings (SSSR count). The second-order valence-electron chi connectivity index (χ2n) is 5.00. The second kappa shape index (κ2) is 4.84. The SMILES string of the molecule is CC(C)C(C)C(O)c1ccc2cccnc2c1. The summed E-state index contributed by atoms with van der Waals surface area (Å²) in [7, 11) is 0. The highest BCUT2D eigenvalue weighted by atomic mass is 16.3. The van der Waals surface area contributed by atoms with Crippen LogP contribution in [-0.2, 0) is 0 Å². The van der Waals surface area contributed by atoms with E-state index in [4.69, 9.17) is 0 Å². The van der Waals surface area contributed by atoms with Crippen LogP contribution in [0.2, 0.25) is 0 Å². The second-order valence-corrected chi connectivity index (χ2v) is 5.00. The van der Waals surface area contributed by atoms with Gasteiger partial charge in [0.1, 0.15) is 0 Å². The lowest BCUT2D eigenvalue weighted by Crippen LogP contribution is -2.14. The summed E-state index contributed by atoms with van der Waals surface area (Å²) in [4.78, 5) is 4.32. The highest BCUT2D eigenvalue weighted by molar-refractivity contribution is 5.78. The van der Waals surface area contributed by atoms with E-state index >= 15 is 0 Å². The third kappa shape index (κ3) is 2.47. The molecule has 0 aliphatic carbocycles. The van der Waals surface area contributed by atoms with Crippen molar-refractivity contribution in [2.75, 3.05) is 0 Å². The van der Waals surface area contributed by atoms with E-state index in [2.05, 4.69) is 25.8 Å². The van der Waals surface area contributed by atoms with E-state index in [-0.39, 0.29) is 5.92 Å². The first kappa shape index (κ1) is 12.1. The summed E-state index contributed by atoms with van der Waals surface area (Å²) >= 11 is 0. The summed E-state index contributed by atoms with van der Waals surface area (Å²) in [6.45, 7) is 6.35. The zero-order valence-electron chi connectivity index (χ0n) is 10.6. The van der Waals surface area contributed by atoms with Gasteiger partial charge in [-0.1, -0.05) is 39.0 Å². The molecule has 0 fully saturated rings. The Morgan fingerprint density at radius 1 is 1.12 bits per heavy atom. The van der Waals surface area contributed by atoms with Gasteiger partial charge in [0.2, 0.25) is 0 Å². The van der Waals surface area contributed by atoms with Crippen LogP contribution >= 0.6 is 0 Å². The van der Waals surface area contributed by atoms with Gasteiger partial charge >= 0.3 is 0 Å². The van der Waals surface area contributed by atoms with Gasteiger partial charge in [-0.3, -0.25) is 4.98 Å². The Hall–Kier alpha value is -1.41. The lowest BCUT2D eigenvalue weighted by molar-refractivity contribution is 0.0922. The fraction of sp³-hybridized carbons (Fsp3) is 0.400. The minimum absolute atomic E-state index is 0.246. The summed E-state index contributed by atoms with van der Waals surface area (Å²) in [6.07, 6.45) is 1.37. The molecule has 2 atom stereocenters. The van der Waals surface area contributed by atoms with Crippen LogP contribution in [0, 0.1) is 11.8 Å². The predicted octanol–water partition coefficient (Wildman–Crippen LogP) is 3.56. The molecule has 2 nitrogen and oxygen atoms in total. The first-order valence-corrected chi connectivity index (χ1v) is 6.12. The Morgan fingerprint density at radius 3 is 2.59 bits per heavy atom. The van der Waals surface area contributed by atoms with Gasteiger partial charge in [-0.05, 0) is 29.5 Å². The number of aromatic nitrogens is 1. The molecule has 0 aliphatic heterocycles. The smallest absolute Gasteiger partial charge is 0.0818 e. The minimum Gasteiger partial charge on any atom is -0.388 e. The zero-order chi connectivity index (χ0) is 12.4. The highest BCUT2D eigenvalue weighted by Crippen LogP contribution is 2.28. The van der Waals surface area contributed by atoms with E-state index in [0.29, 0.717) is 5.92 Å². The van der Waals surface area contributed by atoms with Gasteiger partial charge in [0.15, 0.2) is 0 Å². The summed E-state index contributed by atoms with van der Waals surface area (Å²) < 4.78 is 0. The number of benzene rings is 1. The maximum absolute atomic E-state index is 10.3. The van der Waals surface area contributed by atoms with Crippen LogP contribution in [0.1, 0.15) is 32.4 Å². The van der Waals surface area contributed by atoms with Gasteiger partial charge in [0.05, 0.1) is 11.6 Å². The Kier molecular flexibility index (Phi) is 3.43.